The Hall–Kier alpha value is -0.910. The molecule has 0 aliphatic carbocycles. The largest absolute Gasteiger partial charge is 0.350 e. The van der Waals surface area contributed by atoms with Crippen LogP contribution in [0.15, 0.2) is 11.6 Å². The lowest BCUT2D eigenvalue weighted by Crippen LogP contribution is -2.38. The third-order valence-corrected chi connectivity index (χ3v) is 2.82. The average Bonchev–Trinajstić information content (AvgIpc) is 2.58. The summed E-state index contributed by atoms with van der Waals surface area (Å²) in [7, 11) is 0. The van der Waals surface area contributed by atoms with Gasteiger partial charge in [-0.1, -0.05) is 0 Å². The van der Waals surface area contributed by atoms with Gasteiger partial charge in [0.25, 0.3) is 0 Å². The van der Waals surface area contributed by atoms with Crippen LogP contribution in [0.1, 0.15) is 13.8 Å². The molecule has 0 spiro atoms. The van der Waals surface area contributed by atoms with Crippen molar-refractivity contribution in [2.24, 2.45) is 0 Å². The summed E-state index contributed by atoms with van der Waals surface area (Å²) in [5, 5.41) is 2.71. The predicted octanol–water partition coefficient (Wildman–Crippen LogP) is -0.0810. The third-order valence-electron chi connectivity index (χ3n) is 2.82. The second-order valence-electron chi connectivity index (χ2n) is 4.44. The van der Waals surface area contributed by atoms with E-state index in [9.17, 15) is 4.79 Å². The molecule has 1 N–H and O–H groups in total. The van der Waals surface area contributed by atoms with Crippen molar-refractivity contribution in [2.75, 3.05) is 6.54 Å². The van der Waals surface area contributed by atoms with Gasteiger partial charge in [-0.3, -0.25) is 4.79 Å². The Bertz CT molecular complexity index is 349. The maximum Gasteiger partial charge on any atom is 0.244 e. The van der Waals surface area contributed by atoms with E-state index in [0.29, 0.717) is 6.54 Å². The van der Waals surface area contributed by atoms with Crippen LogP contribution in [0.25, 0.3) is 0 Å². The van der Waals surface area contributed by atoms with Crippen molar-refractivity contribution in [2.45, 2.75) is 38.1 Å². The smallest absolute Gasteiger partial charge is 0.244 e. The van der Waals surface area contributed by atoms with Crippen LogP contribution in [0.3, 0.4) is 0 Å². The Labute approximate surface area is 87.4 Å². The Balaban J connectivity index is 1.90. The Kier molecular flexibility index (Phi) is 1.75. The minimum absolute atomic E-state index is 0.0844. The van der Waals surface area contributed by atoms with E-state index < -0.39 is 5.79 Å². The van der Waals surface area contributed by atoms with Crippen molar-refractivity contribution < 1.29 is 19.0 Å². The lowest BCUT2D eigenvalue weighted by atomic mass is 10.0. The summed E-state index contributed by atoms with van der Waals surface area (Å²) in [4.78, 5) is 11.2. The second-order valence-corrected chi connectivity index (χ2v) is 4.44. The topological polar surface area (TPSA) is 56.8 Å². The first-order valence-electron chi connectivity index (χ1n) is 5.06. The van der Waals surface area contributed by atoms with Gasteiger partial charge in [0, 0.05) is 12.6 Å². The van der Waals surface area contributed by atoms with Gasteiger partial charge in [-0.2, -0.15) is 0 Å². The molecule has 2 fully saturated rings. The number of carbonyl (C=O) groups excluding carboxylic acids is 1. The molecule has 82 valence electrons. The number of rotatable bonds is 0. The minimum atomic E-state index is -0.630. The number of carbonyl (C=O) groups is 1. The molecule has 0 aromatic rings. The van der Waals surface area contributed by atoms with Gasteiger partial charge in [0.15, 0.2) is 12.1 Å². The van der Waals surface area contributed by atoms with E-state index in [1.807, 2.05) is 13.8 Å². The number of hydrogen-bond acceptors (Lipinski definition) is 4. The highest BCUT2D eigenvalue weighted by molar-refractivity contribution is 5.89. The van der Waals surface area contributed by atoms with E-state index in [1.165, 1.54) is 0 Å². The summed E-state index contributed by atoms with van der Waals surface area (Å²) in [5.74, 6) is -0.714. The van der Waals surface area contributed by atoms with Gasteiger partial charge in [0.1, 0.15) is 12.2 Å². The van der Waals surface area contributed by atoms with Crippen molar-refractivity contribution >= 4 is 5.91 Å². The second kappa shape index (κ2) is 2.81. The first-order chi connectivity index (χ1) is 7.05. The van der Waals surface area contributed by atoms with Gasteiger partial charge in [0.2, 0.25) is 5.91 Å². The van der Waals surface area contributed by atoms with Crippen LogP contribution in [-0.2, 0) is 19.0 Å². The molecule has 3 heterocycles. The molecule has 5 heteroatoms. The Morgan fingerprint density at radius 1 is 1.47 bits per heavy atom. The molecule has 0 unspecified atom stereocenters. The van der Waals surface area contributed by atoms with E-state index in [-0.39, 0.29) is 24.4 Å². The monoisotopic (exact) mass is 211 g/mol. The molecule has 0 saturated carbocycles. The standard InChI is InChI=1S/C10H13NO4/c1-10(2)14-8-5-3-7(12)11-4-6(5)13-9(8)15-10/h3,6,8-9H,4H2,1-2H3,(H,11,12)/t6-,8-,9-/m1/s1. The maximum atomic E-state index is 11.2. The van der Waals surface area contributed by atoms with E-state index in [4.69, 9.17) is 14.2 Å². The van der Waals surface area contributed by atoms with Crippen molar-refractivity contribution in [1.82, 2.24) is 5.32 Å². The molecular formula is C10H13NO4. The van der Waals surface area contributed by atoms with Crippen LogP contribution in [-0.4, -0.2) is 36.7 Å². The predicted molar refractivity (Wildman–Crippen MR) is 49.8 cm³/mol. The lowest BCUT2D eigenvalue weighted by molar-refractivity contribution is -0.200. The summed E-state index contributed by atoms with van der Waals surface area (Å²) in [6.07, 6.45) is 0.873. The van der Waals surface area contributed by atoms with Crippen molar-refractivity contribution in [3.8, 4) is 0 Å². The van der Waals surface area contributed by atoms with Crippen LogP contribution >= 0.6 is 0 Å². The fraction of sp³-hybridized carbons (Fsp3) is 0.700. The Morgan fingerprint density at radius 3 is 3.07 bits per heavy atom. The van der Waals surface area contributed by atoms with Gasteiger partial charge in [0.05, 0.1) is 0 Å². The van der Waals surface area contributed by atoms with Gasteiger partial charge in [-0.05, 0) is 19.4 Å². The molecule has 3 aliphatic rings. The van der Waals surface area contributed by atoms with Crippen molar-refractivity contribution in [1.29, 1.82) is 0 Å². The molecule has 3 aliphatic heterocycles. The number of hydrogen-bond donors (Lipinski definition) is 1. The zero-order valence-electron chi connectivity index (χ0n) is 8.65. The van der Waals surface area contributed by atoms with Crippen molar-refractivity contribution in [3.05, 3.63) is 11.6 Å². The van der Waals surface area contributed by atoms with E-state index in [2.05, 4.69) is 5.32 Å². The molecule has 2 saturated heterocycles. The highest BCUT2D eigenvalue weighted by Crippen LogP contribution is 2.40. The zero-order chi connectivity index (χ0) is 10.6. The molecule has 5 nitrogen and oxygen atoms in total. The Morgan fingerprint density at radius 2 is 2.27 bits per heavy atom. The van der Waals surface area contributed by atoms with Crippen LogP contribution < -0.4 is 5.32 Å². The number of ether oxygens (including phenoxy) is 3. The first kappa shape index (κ1) is 9.33. The van der Waals surface area contributed by atoms with Gasteiger partial charge in [-0.15, -0.1) is 0 Å². The summed E-state index contributed by atoms with van der Waals surface area (Å²) in [6, 6.07) is 0. The van der Waals surface area contributed by atoms with Crippen LogP contribution in [0.4, 0.5) is 0 Å². The van der Waals surface area contributed by atoms with Crippen LogP contribution in [0.2, 0.25) is 0 Å². The maximum absolute atomic E-state index is 11.2. The number of nitrogens with one attached hydrogen (secondary N) is 1. The fourth-order valence-corrected chi connectivity index (χ4v) is 2.22. The molecular weight excluding hydrogens is 198 g/mol. The normalized spacial score (nSPS) is 41.9. The fourth-order valence-electron chi connectivity index (χ4n) is 2.22. The van der Waals surface area contributed by atoms with Gasteiger partial charge < -0.3 is 19.5 Å². The molecule has 0 radical (unpaired) electrons. The molecule has 3 atom stereocenters. The molecule has 0 aromatic carbocycles. The summed E-state index contributed by atoms with van der Waals surface area (Å²) in [6.45, 7) is 4.19. The molecule has 15 heavy (non-hydrogen) atoms. The highest BCUT2D eigenvalue weighted by atomic mass is 16.8. The van der Waals surface area contributed by atoms with Crippen molar-refractivity contribution in [3.63, 3.8) is 0 Å². The summed E-state index contributed by atoms with van der Waals surface area (Å²) >= 11 is 0. The average molecular weight is 211 g/mol. The SMILES string of the molecule is CC1(C)O[C@H]2O[C@@H]3CNC(=O)C=C3[C@H]2O1. The number of fused-ring (bicyclic) bond motifs is 3. The minimum Gasteiger partial charge on any atom is -0.350 e. The zero-order valence-corrected chi connectivity index (χ0v) is 8.65. The van der Waals surface area contributed by atoms with E-state index in [0.717, 1.165) is 5.57 Å². The lowest BCUT2D eigenvalue weighted by Gasteiger charge is -2.23. The highest BCUT2D eigenvalue weighted by Gasteiger charge is 2.52. The van der Waals surface area contributed by atoms with E-state index >= 15 is 0 Å². The number of amides is 1. The quantitative estimate of drug-likeness (QED) is 0.609. The first-order valence-corrected chi connectivity index (χ1v) is 5.06. The summed E-state index contributed by atoms with van der Waals surface area (Å²) < 4.78 is 16.9. The van der Waals surface area contributed by atoms with E-state index in [1.54, 1.807) is 6.08 Å². The summed E-state index contributed by atoms with van der Waals surface area (Å²) in [5.41, 5.74) is 0.898. The molecule has 3 rings (SSSR count). The van der Waals surface area contributed by atoms with Gasteiger partial charge in [-0.25, -0.2) is 0 Å². The van der Waals surface area contributed by atoms with Gasteiger partial charge >= 0.3 is 0 Å². The molecule has 0 bridgehead atoms. The van der Waals surface area contributed by atoms with Crippen LogP contribution in [0, 0.1) is 0 Å². The third kappa shape index (κ3) is 1.39. The van der Waals surface area contributed by atoms with Crippen LogP contribution in [0.5, 0.6) is 0 Å². The molecule has 0 aromatic heterocycles. The molecule has 1 amide bonds.